The number of rotatable bonds is 7. The van der Waals surface area contributed by atoms with E-state index in [0.29, 0.717) is 6.42 Å². The molecule has 0 saturated heterocycles. The molecule has 0 aliphatic rings. The molecule has 1 unspecified atom stereocenters. The number of carbonyl (C=O) groups is 2. The normalized spacial score (nSPS) is 12.2. The standard InChI is InChI=1S/C16H21NO3/c1-4-20-16(19)14(15(18)10-11-17(2)3)12-13-8-6-5-7-9-13/h5-11,14H,4,12H2,1-3H3. The van der Waals surface area contributed by atoms with Gasteiger partial charge >= 0.3 is 5.97 Å². The van der Waals surface area contributed by atoms with Crippen LogP contribution >= 0.6 is 0 Å². The Labute approximate surface area is 120 Å². The molecule has 1 aromatic carbocycles. The number of allylic oxidation sites excluding steroid dienone is 1. The monoisotopic (exact) mass is 275 g/mol. The first-order valence-corrected chi connectivity index (χ1v) is 6.63. The van der Waals surface area contributed by atoms with Crippen molar-refractivity contribution in [1.29, 1.82) is 0 Å². The second kappa shape index (κ2) is 8.15. The lowest BCUT2D eigenvalue weighted by atomic mass is 9.95. The van der Waals surface area contributed by atoms with Crippen LogP contribution in [0, 0.1) is 5.92 Å². The third-order valence-corrected chi connectivity index (χ3v) is 2.73. The number of carbonyl (C=O) groups excluding carboxylic acids is 2. The van der Waals surface area contributed by atoms with Crippen LogP contribution in [0.15, 0.2) is 42.6 Å². The third kappa shape index (κ3) is 5.26. The summed E-state index contributed by atoms with van der Waals surface area (Å²) < 4.78 is 5.00. The van der Waals surface area contributed by atoms with Crippen LogP contribution in [0.4, 0.5) is 0 Å². The van der Waals surface area contributed by atoms with Crippen molar-refractivity contribution in [2.75, 3.05) is 20.7 Å². The van der Waals surface area contributed by atoms with Crippen molar-refractivity contribution < 1.29 is 14.3 Å². The highest BCUT2D eigenvalue weighted by molar-refractivity contribution is 6.05. The fourth-order valence-corrected chi connectivity index (χ4v) is 1.73. The average molecular weight is 275 g/mol. The van der Waals surface area contributed by atoms with Gasteiger partial charge in [-0.1, -0.05) is 30.3 Å². The molecular formula is C16H21NO3. The van der Waals surface area contributed by atoms with E-state index < -0.39 is 11.9 Å². The Morgan fingerprint density at radius 3 is 2.45 bits per heavy atom. The molecule has 0 radical (unpaired) electrons. The molecule has 20 heavy (non-hydrogen) atoms. The van der Waals surface area contributed by atoms with Crippen molar-refractivity contribution >= 4 is 11.8 Å². The number of hydrogen-bond acceptors (Lipinski definition) is 4. The molecule has 0 aliphatic carbocycles. The Kier molecular flexibility index (Phi) is 6.50. The predicted molar refractivity (Wildman–Crippen MR) is 78.1 cm³/mol. The number of ketones is 1. The van der Waals surface area contributed by atoms with E-state index in [9.17, 15) is 9.59 Å². The molecular weight excluding hydrogens is 254 g/mol. The number of benzene rings is 1. The fraction of sp³-hybridized carbons (Fsp3) is 0.375. The zero-order valence-corrected chi connectivity index (χ0v) is 12.2. The summed E-state index contributed by atoms with van der Waals surface area (Å²) in [6.45, 7) is 2.01. The van der Waals surface area contributed by atoms with Crippen molar-refractivity contribution in [3.63, 3.8) is 0 Å². The highest BCUT2D eigenvalue weighted by Gasteiger charge is 2.26. The Bertz CT molecular complexity index is 466. The van der Waals surface area contributed by atoms with Gasteiger partial charge in [0.25, 0.3) is 0 Å². The molecule has 108 valence electrons. The molecule has 0 aromatic heterocycles. The predicted octanol–water partition coefficient (Wildman–Crippen LogP) is 2.05. The molecule has 1 aromatic rings. The fourth-order valence-electron chi connectivity index (χ4n) is 1.73. The Balaban J connectivity index is 2.85. The van der Waals surface area contributed by atoms with Gasteiger partial charge in [-0.05, 0) is 25.0 Å². The number of nitrogens with zero attached hydrogens (tertiary/aromatic N) is 1. The van der Waals surface area contributed by atoms with E-state index in [1.807, 2.05) is 44.4 Å². The van der Waals surface area contributed by atoms with Crippen molar-refractivity contribution in [1.82, 2.24) is 4.90 Å². The van der Waals surface area contributed by atoms with Crippen molar-refractivity contribution in [3.05, 3.63) is 48.2 Å². The van der Waals surface area contributed by atoms with Gasteiger partial charge < -0.3 is 9.64 Å². The van der Waals surface area contributed by atoms with Gasteiger partial charge in [0.15, 0.2) is 5.78 Å². The van der Waals surface area contributed by atoms with E-state index in [0.717, 1.165) is 5.56 Å². The van der Waals surface area contributed by atoms with E-state index >= 15 is 0 Å². The smallest absolute Gasteiger partial charge is 0.317 e. The minimum Gasteiger partial charge on any atom is -0.465 e. The van der Waals surface area contributed by atoms with Gasteiger partial charge in [0.1, 0.15) is 5.92 Å². The SMILES string of the molecule is CCOC(=O)C(Cc1ccccc1)C(=O)C=CN(C)C. The summed E-state index contributed by atoms with van der Waals surface area (Å²) in [5.41, 5.74) is 0.942. The minimum absolute atomic E-state index is 0.235. The molecule has 0 spiro atoms. The van der Waals surface area contributed by atoms with Gasteiger partial charge in [0, 0.05) is 20.3 Å². The first kappa shape index (κ1) is 16.0. The highest BCUT2D eigenvalue weighted by Crippen LogP contribution is 2.13. The molecule has 0 N–H and O–H groups in total. The highest BCUT2D eigenvalue weighted by atomic mass is 16.5. The van der Waals surface area contributed by atoms with Crippen LogP contribution < -0.4 is 0 Å². The van der Waals surface area contributed by atoms with E-state index in [4.69, 9.17) is 4.74 Å². The molecule has 0 aliphatic heterocycles. The molecule has 0 bridgehead atoms. The van der Waals surface area contributed by atoms with Crippen LogP contribution in [0.2, 0.25) is 0 Å². The second-order valence-electron chi connectivity index (χ2n) is 4.68. The Hall–Kier alpha value is -2.10. The molecule has 4 heteroatoms. The summed E-state index contributed by atoms with van der Waals surface area (Å²) in [5, 5.41) is 0. The largest absolute Gasteiger partial charge is 0.465 e. The maximum atomic E-state index is 12.2. The summed E-state index contributed by atoms with van der Waals surface area (Å²) in [6.07, 6.45) is 3.42. The lowest BCUT2D eigenvalue weighted by molar-refractivity contribution is -0.150. The summed E-state index contributed by atoms with van der Waals surface area (Å²) >= 11 is 0. The number of esters is 1. The maximum Gasteiger partial charge on any atom is 0.317 e. The van der Waals surface area contributed by atoms with Crippen LogP contribution in [-0.2, 0) is 20.7 Å². The first-order valence-electron chi connectivity index (χ1n) is 6.63. The zero-order chi connectivity index (χ0) is 15.0. The topological polar surface area (TPSA) is 46.6 Å². The van der Waals surface area contributed by atoms with Crippen molar-refractivity contribution in [2.24, 2.45) is 5.92 Å². The molecule has 0 saturated carbocycles. The van der Waals surface area contributed by atoms with Crippen LogP contribution in [0.1, 0.15) is 12.5 Å². The summed E-state index contributed by atoms with van der Waals surface area (Å²) in [4.78, 5) is 25.8. The summed E-state index contributed by atoms with van der Waals surface area (Å²) in [5.74, 6) is -1.49. The molecule has 4 nitrogen and oxygen atoms in total. The van der Waals surface area contributed by atoms with Gasteiger partial charge in [0.2, 0.25) is 0 Å². The van der Waals surface area contributed by atoms with Gasteiger partial charge in [-0.15, -0.1) is 0 Å². The van der Waals surface area contributed by atoms with Gasteiger partial charge in [-0.2, -0.15) is 0 Å². The molecule has 0 heterocycles. The van der Waals surface area contributed by atoms with E-state index in [1.165, 1.54) is 6.08 Å². The van der Waals surface area contributed by atoms with Crippen molar-refractivity contribution in [2.45, 2.75) is 13.3 Å². The van der Waals surface area contributed by atoms with Crippen LogP contribution in [0.5, 0.6) is 0 Å². The molecule has 0 fully saturated rings. The number of ether oxygens (including phenoxy) is 1. The van der Waals surface area contributed by atoms with Gasteiger partial charge in [-0.3, -0.25) is 9.59 Å². The maximum absolute atomic E-state index is 12.2. The quantitative estimate of drug-likeness (QED) is 0.434. The Morgan fingerprint density at radius 1 is 1.25 bits per heavy atom. The van der Waals surface area contributed by atoms with Crippen molar-refractivity contribution in [3.8, 4) is 0 Å². The number of hydrogen-bond donors (Lipinski definition) is 0. The lowest BCUT2D eigenvalue weighted by Crippen LogP contribution is -2.27. The van der Waals surface area contributed by atoms with Crippen LogP contribution in [0.25, 0.3) is 0 Å². The van der Waals surface area contributed by atoms with Gasteiger partial charge in [-0.25, -0.2) is 0 Å². The molecule has 1 rings (SSSR count). The second-order valence-corrected chi connectivity index (χ2v) is 4.68. The van der Waals surface area contributed by atoms with Crippen LogP contribution in [-0.4, -0.2) is 37.4 Å². The molecule has 1 atom stereocenters. The van der Waals surface area contributed by atoms with E-state index in [1.54, 1.807) is 18.0 Å². The van der Waals surface area contributed by atoms with E-state index in [2.05, 4.69) is 0 Å². The van der Waals surface area contributed by atoms with Crippen LogP contribution in [0.3, 0.4) is 0 Å². The van der Waals surface area contributed by atoms with E-state index in [-0.39, 0.29) is 12.4 Å². The summed E-state index contributed by atoms with van der Waals surface area (Å²) in [7, 11) is 3.64. The molecule has 0 amide bonds. The minimum atomic E-state index is -0.784. The summed E-state index contributed by atoms with van der Waals surface area (Å²) in [6, 6.07) is 9.47. The third-order valence-electron chi connectivity index (χ3n) is 2.73. The lowest BCUT2D eigenvalue weighted by Gasteiger charge is -2.13. The zero-order valence-electron chi connectivity index (χ0n) is 12.2. The average Bonchev–Trinajstić information content (AvgIpc) is 2.43. The van der Waals surface area contributed by atoms with Gasteiger partial charge in [0.05, 0.1) is 6.61 Å². The first-order chi connectivity index (χ1) is 9.54. The Morgan fingerprint density at radius 2 is 1.90 bits per heavy atom.